The predicted molar refractivity (Wildman–Crippen MR) is 73.9 cm³/mol. The molecular formula is C13H17F3N4O3. The Morgan fingerprint density at radius 1 is 1.35 bits per heavy atom. The molecule has 1 saturated heterocycles. The maximum atomic E-state index is 12.5. The monoisotopic (exact) mass is 334 g/mol. The van der Waals surface area contributed by atoms with Crippen LogP contribution in [-0.2, 0) is 17.5 Å². The molecule has 0 bridgehead atoms. The highest BCUT2D eigenvalue weighted by Crippen LogP contribution is 2.26. The quantitative estimate of drug-likeness (QED) is 0.850. The van der Waals surface area contributed by atoms with Gasteiger partial charge in [-0.3, -0.25) is 4.79 Å². The van der Waals surface area contributed by atoms with Crippen LogP contribution in [0.2, 0.25) is 0 Å². The number of amides is 2. The summed E-state index contributed by atoms with van der Waals surface area (Å²) in [5.41, 5.74) is -1.81. The first-order valence-corrected chi connectivity index (χ1v) is 7.14. The van der Waals surface area contributed by atoms with Gasteiger partial charge in [-0.15, -0.1) is 0 Å². The van der Waals surface area contributed by atoms with Crippen molar-refractivity contribution in [3.63, 3.8) is 0 Å². The maximum absolute atomic E-state index is 12.5. The van der Waals surface area contributed by atoms with Crippen LogP contribution in [-0.4, -0.2) is 41.6 Å². The largest absolute Gasteiger partial charge is 0.435 e. The molecule has 10 heteroatoms. The van der Waals surface area contributed by atoms with Crippen molar-refractivity contribution < 1.29 is 22.7 Å². The number of nitrogens with one attached hydrogen (secondary N) is 2. The van der Waals surface area contributed by atoms with Gasteiger partial charge < -0.3 is 15.4 Å². The van der Waals surface area contributed by atoms with E-state index < -0.39 is 23.5 Å². The van der Waals surface area contributed by atoms with E-state index in [2.05, 4.69) is 15.7 Å². The van der Waals surface area contributed by atoms with Crippen molar-refractivity contribution in [2.45, 2.75) is 31.6 Å². The van der Waals surface area contributed by atoms with Gasteiger partial charge in [0.25, 0.3) is 5.56 Å². The molecule has 1 aliphatic rings. The van der Waals surface area contributed by atoms with Crippen molar-refractivity contribution in [3.8, 4) is 0 Å². The van der Waals surface area contributed by atoms with Crippen molar-refractivity contribution in [1.29, 1.82) is 0 Å². The third-order valence-corrected chi connectivity index (χ3v) is 3.32. The number of aromatic nitrogens is 2. The fraction of sp³-hybridized carbons (Fsp3) is 0.615. The van der Waals surface area contributed by atoms with Gasteiger partial charge >= 0.3 is 12.2 Å². The molecule has 1 aromatic heterocycles. The van der Waals surface area contributed by atoms with Gasteiger partial charge in [0.1, 0.15) is 0 Å². The summed E-state index contributed by atoms with van der Waals surface area (Å²) in [6.45, 7) is 0.996. The summed E-state index contributed by atoms with van der Waals surface area (Å²) in [7, 11) is 0. The Morgan fingerprint density at radius 2 is 2.04 bits per heavy atom. The molecular weight excluding hydrogens is 317 g/mol. The Kier molecular flexibility index (Phi) is 5.59. The van der Waals surface area contributed by atoms with Gasteiger partial charge in [0.2, 0.25) is 0 Å². The molecule has 0 aliphatic carbocycles. The van der Waals surface area contributed by atoms with Gasteiger partial charge in [-0.2, -0.15) is 18.3 Å². The number of carbonyl (C=O) groups is 1. The average molecular weight is 334 g/mol. The Balaban J connectivity index is 1.83. The van der Waals surface area contributed by atoms with E-state index >= 15 is 0 Å². The van der Waals surface area contributed by atoms with Crippen LogP contribution in [0.25, 0.3) is 0 Å². The number of ether oxygens (including phenoxy) is 1. The van der Waals surface area contributed by atoms with Crippen LogP contribution in [0, 0.1) is 0 Å². The first-order chi connectivity index (χ1) is 10.9. The molecule has 128 valence electrons. The highest BCUT2D eigenvalue weighted by Gasteiger charge is 2.33. The molecule has 23 heavy (non-hydrogen) atoms. The second-order valence-electron chi connectivity index (χ2n) is 5.06. The molecule has 2 amide bonds. The first kappa shape index (κ1) is 17.3. The van der Waals surface area contributed by atoms with Crippen LogP contribution >= 0.6 is 0 Å². The summed E-state index contributed by atoms with van der Waals surface area (Å²) in [4.78, 5) is 23.1. The fourth-order valence-electron chi connectivity index (χ4n) is 2.11. The number of halogens is 3. The lowest BCUT2D eigenvalue weighted by Gasteiger charge is -2.23. The summed E-state index contributed by atoms with van der Waals surface area (Å²) in [5, 5.41) is 8.48. The summed E-state index contributed by atoms with van der Waals surface area (Å²) in [6.07, 6.45) is -3.20. The van der Waals surface area contributed by atoms with Crippen LogP contribution in [0.15, 0.2) is 16.9 Å². The fourth-order valence-corrected chi connectivity index (χ4v) is 2.11. The lowest BCUT2D eigenvalue weighted by Crippen LogP contribution is -2.45. The number of hydrogen-bond donors (Lipinski definition) is 2. The Labute approximate surface area is 129 Å². The van der Waals surface area contributed by atoms with Gasteiger partial charge in [-0.05, 0) is 18.9 Å². The lowest BCUT2D eigenvalue weighted by molar-refractivity contribution is -0.142. The van der Waals surface area contributed by atoms with Gasteiger partial charge in [-0.1, -0.05) is 0 Å². The van der Waals surface area contributed by atoms with Gasteiger partial charge in [0, 0.05) is 31.9 Å². The minimum absolute atomic E-state index is 0.0106. The maximum Gasteiger partial charge on any atom is 0.435 e. The number of nitrogens with zero attached hydrogens (tertiary/aromatic N) is 2. The highest BCUT2D eigenvalue weighted by molar-refractivity contribution is 5.74. The molecule has 7 nitrogen and oxygen atoms in total. The van der Waals surface area contributed by atoms with Crippen molar-refractivity contribution in [2.75, 3.05) is 19.8 Å². The topological polar surface area (TPSA) is 85.2 Å². The van der Waals surface area contributed by atoms with E-state index in [1.54, 1.807) is 0 Å². The number of hydrogen-bond acceptors (Lipinski definition) is 4. The minimum Gasteiger partial charge on any atom is -0.381 e. The standard InChI is InChI=1S/C13H17F3N4O3/c14-13(15,16)10-1-2-11(21)20(19-10)6-5-17-12(22)18-9-3-7-23-8-4-9/h1-2,9H,3-8H2,(H2,17,18,22). The zero-order chi connectivity index (χ0) is 16.9. The highest BCUT2D eigenvalue weighted by atomic mass is 19.4. The zero-order valence-corrected chi connectivity index (χ0v) is 12.2. The minimum atomic E-state index is -4.62. The van der Waals surface area contributed by atoms with E-state index in [1.807, 2.05) is 0 Å². The van der Waals surface area contributed by atoms with E-state index in [0.29, 0.717) is 36.8 Å². The summed E-state index contributed by atoms with van der Waals surface area (Å²) >= 11 is 0. The molecule has 2 heterocycles. The Hall–Kier alpha value is -2.10. The predicted octanol–water partition coefficient (Wildman–Crippen LogP) is 0.740. The zero-order valence-electron chi connectivity index (χ0n) is 12.2. The van der Waals surface area contributed by atoms with Gasteiger partial charge in [0.15, 0.2) is 5.69 Å². The summed E-state index contributed by atoms with van der Waals surface area (Å²) < 4.78 is 43.5. The smallest absolute Gasteiger partial charge is 0.381 e. The van der Waals surface area contributed by atoms with Crippen molar-refractivity contribution in [1.82, 2.24) is 20.4 Å². The molecule has 1 aliphatic heterocycles. The summed E-state index contributed by atoms with van der Waals surface area (Å²) in [5.74, 6) is 0. The van der Waals surface area contributed by atoms with Crippen molar-refractivity contribution in [2.24, 2.45) is 0 Å². The van der Waals surface area contributed by atoms with E-state index in [1.165, 1.54) is 0 Å². The SMILES string of the molecule is O=C(NCCn1nc(C(F)(F)F)ccc1=O)NC1CCOCC1. The van der Waals surface area contributed by atoms with Gasteiger partial charge in [0.05, 0.1) is 6.54 Å². The van der Waals surface area contributed by atoms with E-state index in [-0.39, 0.29) is 19.1 Å². The van der Waals surface area contributed by atoms with E-state index in [4.69, 9.17) is 4.74 Å². The Morgan fingerprint density at radius 3 is 2.70 bits per heavy atom. The molecule has 0 unspecified atom stereocenters. The van der Waals surface area contributed by atoms with Crippen LogP contribution < -0.4 is 16.2 Å². The number of rotatable bonds is 4. The van der Waals surface area contributed by atoms with Crippen LogP contribution in [0.3, 0.4) is 0 Å². The third-order valence-electron chi connectivity index (χ3n) is 3.32. The molecule has 0 spiro atoms. The molecule has 0 saturated carbocycles. The molecule has 0 aromatic carbocycles. The molecule has 2 N–H and O–H groups in total. The molecule has 2 rings (SSSR count). The van der Waals surface area contributed by atoms with Gasteiger partial charge in [-0.25, -0.2) is 9.48 Å². The van der Waals surface area contributed by atoms with E-state index in [0.717, 1.165) is 6.07 Å². The molecule has 1 fully saturated rings. The second-order valence-corrected chi connectivity index (χ2v) is 5.06. The Bertz CT molecular complexity index is 597. The lowest BCUT2D eigenvalue weighted by atomic mass is 10.1. The second kappa shape index (κ2) is 7.44. The van der Waals surface area contributed by atoms with E-state index in [9.17, 15) is 22.8 Å². The first-order valence-electron chi connectivity index (χ1n) is 7.14. The normalized spacial score (nSPS) is 16.1. The number of urea groups is 1. The average Bonchev–Trinajstić information content (AvgIpc) is 2.49. The molecule has 0 radical (unpaired) electrons. The number of alkyl halides is 3. The third kappa shape index (κ3) is 5.23. The van der Waals surface area contributed by atoms with Crippen LogP contribution in [0.1, 0.15) is 18.5 Å². The number of carbonyl (C=O) groups excluding carboxylic acids is 1. The van der Waals surface area contributed by atoms with Crippen LogP contribution in [0.4, 0.5) is 18.0 Å². The summed E-state index contributed by atoms with van der Waals surface area (Å²) in [6, 6.07) is 1.01. The molecule has 0 atom stereocenters. The van der Waals surface area contributed by atoms with Crippen molar-refractivity contribution in [3.05, 3.63) is 28.2 Å². The molecule has 1 aromatic rings. The van der Waals surface area contributed by atoms with Crippen molar-refractivity contribution >= 4 is 6.03 Å². The van der Waals surface area contributed by atoms with Crippen LogP contribution in [0.5, 0.6) is 0 Å².